The van der Waals surface area contributed by atoms with E-state index in [0.717, 1.165) is 23.9 Å². The maximum Gasteiger partial charge on any atom is 0.269 e. The number of nitro groups is 1. The summed E-state index contributed by atoms with van der Waals surface area (Å²) in [6.07, 6.45) is 6.63. The average Bonchev–Trinajstić information content (AvgIpc) is 3.22. The zero-order chi connectivity index (χ0) is 17.8. The number of amides is 1. The highest BCUT2D eigenvalue weighted by Crippen LogP contribution is 2.49. The number of rotatable bonds is 8. The van der Waals surface area contributed by atoms with Gasteiger partial charge in [-0.05, 0) is 62.5 Å². The SMILES string of the molecule is CC(NC(=O)CCCNc1ccc([N+](=O)[O-])cc1)C1CC2CCC1C2. The molecule has 4 atom stereocenters. The Labute approximate surface area is 148 Å². The van der Waals surface area contributed by atoms with Crippen molar-refractivity contribution in [3.05, 3.63) is 34.4 Å². The van der Waals surface area contributed by atoms with Crippen LogP contribution in [0.25, 0.3) is 0 Å². The fraction of sp³-hybridized carbons (Fsp3) is 0.632. The van der Waals surface area contributed by atoms with E-state index in [2.05, 4.69) is 17.6 Å². The van der Waals surface area contributed by atoms with Crippen molar-refractivity contribution in [2.75, 3.05) is 11.9 Å². The fourth-order valence-corrected chi connectivity index (χ4v) is 4.52. The summed E-state index contributed by atoms with van der Waals surface area (Å²) in [5.74, 6) is 2.52. The number of anilines is 1. The third kappa shape index (κ3) is 4.50. The molecule has 2 saturated carbocycles. The quantitative estimate of drug-likeness (QED) is 0.427. The van der Waals surface area contributed by atoms with Gasteiger partial charge in [0.25, 0.3) is 5.69 Å². The minimum absolute atomic E-state index is 0.0829. The van der Waals surface area contributed by atoms with Crippen molar-refractivity contribution >= 4 is 17.3 Å². The van der Waals surface area contributed by atoms with Gasteiger partial charge >= 0.3 is 0 Å². The van der Waals surface area contributed by atoms with Gasteiger partial charge < -0.3 is 10.6 Å². The van der Waals surface area contributed by atoms with Crippen molar-refractivity contribution in [1.82, 2.24) is 5.32 Å². The number of hydrogen-bond donors (Lipinski definition) is 2. The molecule has 3 rings (SSSR count). The second-order valence-electron chi connectivity index (χ2n) is 7.53. The molecule has 136 valence electrons. The Morgan fingerprint density at radius 3 is 2.64 bits per heavy atom. The lowest BCUT2D eigenvalue weighted by Crippen LogP contribution is -2.40. The van der Waals surface area contributed by atoms with Crippen LogP contribution in [-0.2, 0) is 4.79 Å². The van der Waals surface area contributed by atoms with E-state index in [1.807, 2.05) is 0 Å². The summed E-state index contributed by atoms with van der Waals surface area (Å²) in [7, 11) is 0. The number of hydrogen-bond acceptors (Lipinski definition) is 4. The second kappa shape index (κ2) is 7.85. The molecule has 1 aromatic rings. The Bertz CT molecular complexity index is 617. The lowest BCUT2D eigenvalue weighted by atomic mass is 9.84. The van der Waals surface area contributed by atoms with Gasteiger partial charge in [0, 0.05) is 36.8 Å². The van der Waals surface area contributed by atoms with Gasteiger partial charge in [-0.1, -0.05) is 6.42 Å². The molecule has 0 saturated heterocycles. The van der Waals surface area contributed by atoms with E-state index >= 15 is 0 Å². The molecule has 1 aromatic carbocycles. The maximum atomic E-state index is 12.1. The van der Waals surface area contributed by atoms with E-state index in [1.165, 1.54) is 37.8 Å². The topological polar surface area (TPSA) is 84.3 Å². The number of fused-ring (bicyclic) bond motifs is 2. The Hall–Kier alpha value is -2.11. The molecule has 2 bridgehead atoms. The summed E-state index contributed by atoms with van der Waals surface area (Å²) in [6.45, 7) is 2.83. The zero-order valence-electron chi connectivity index (χ0n) is 14.7. The standard InChI is InChI=1S/C19H27N3O3/c1-13(18-12-14-4-5-15(18)11-14)21-19(23)3-2-10-20-16-6-8-17(9-7-16)22(24)25/h6-9,13-15,18,20H,2-5,10-12H2,1H3,(H,21,23). The first-order valence-corrected chi connectivity index (χ1v) is 9.30. The second-order valence-corrected chi connectivity index (χ2v) is 7.53. The van der Waals surface area contributed by atoms with E-state index in [-0.39, 0.29) is 17.6 Å². The van der Waals surface area contributed by atoms with E-state index in [9.17, 15) is 14.9 Å². The van der Waals surface area contributed by atoms with Crippen LogP contribution in [0.1, 0.15) is 45.4 Å². The van der Waals surface area contributed by atoms with Crippen LogP contribution < -0.4 is 10.6 Å². The van der Waals surface area contributed by atoms with Crippen molar-refractivity contribution in [3.8, 4) is 0 Å². The fourth-order valence-electron chi connectivity index (χ4n) is 4.52. The number of benzene rings is 1. The molecule has 4 unspecified atom stereocenters. The molecule has 2 aliphatic carbocycles. The lowest BCUT2D eigenvalue weighted by Gasteiger charge is -2.28. The van der Waals surface area contributed by atoms with Gasteiger partial charge in [-0.25, -0.2) is 0 Å². The number of nitro benzene ring substituents is 1. The molecule has 0 heterocycles. The molecule has 2 N–H and O–H groups in total. The zero-order valence-corrected chi connectivity index (χ0v) is 14.7. The normalized spacial score (nSPS) is 25.6. The van der Waals surface area contributed by atoms with Gasteiger partial charge in [0.2, 0.25) is 5.91 Å². The average molecular weight is 345 g/mol. The van der Waals surface area contributed by atoms with Crippen LogP contribution in [0.4, 0.5) is 11.4 Å². The monoisotopic (exact) mass is 345 g/mol. The lowest BCUT2D eigenvalue weighted by molar-refractivity contribution is -0.384. The van der Waals surface area contributed by atoms with Crippen molar-refractivity contribution < 1.29 is 9.72 Å². The summed E-state index contributed by atoms with van der Waals surface area (Å²) in [6, 6.07) is 6.62. The Morgan fingerprint density at radius 2 is 2.04 bits per heavy atom. The summed E-state index contributed by atoms with van der Waals surface area (Å²) in [4.78, 5) is 22.3. The van der Waals surface area contributed by atoms with Crippen molar-refractivity contribution in [2.45, 2.75) is 51.5 Å². The van der Waals surface area contributed by atoms with Crippen LogP contribution in [0, 0.1) is 27.9 Å². The third-order valence-electron chi connectivity index (χ3n) is 5.81. The van der Waals surface area contributed by atoms with E-state index in [1.54, 1.807) is 12.1 Å². The Kier molecular flexibility index (Phi) is 5.56. The van der Waals surface area contributed by atoms with Crippen molar-refractivity contribution in [2.24, 2.45) is 17.8 Å². The van der Waals surface area contributed by atoms with Gasteiger partial charge in [0.15, 0.2) is 0 Å². The molecule has 25 heavy (non-hydrogen) atoms. The predicted octanol–water partition coefficient (Wildman–Crippen LogP) is 3.73. The minimum atomic E-state index is -0.411. The van der Waals surface area contributed by atoms with E-state index in [4.69, 9.17) is 0 Å². The molecule has 6 heteroatoms. The van der Waals surface area contributed by atoms with Crippen LogP contribution in [0.5, 0.6) is 0 Å². The largest absolute Gasteiger partial charge is 0.385 e. The van der Waals surface area contributed by atoms with Crippen LogP contribution in [0.3, 0.4) is 0 Å². The number of carbonyl (C=O) groups is 1. The third-order valence-corrected chi connectivity index (χ3v) is 5.81. The summed E-state index contributed by atoms with van der Waals surface area (Å²) in [5.41, 5.74) is 0.917. The van der Waals surface area contributed by atoms with Crippen molar-refractivity contribution in [3.63, 3.8) is 0 Å². The molecule has 1 amide bonds. The van der Waals surface area contributed by atoms with Crippen LogP contribution in [0.2, 0.25) is 0 Å². The number of carbonyl (C=O) groups excluding carboxylic acids is 1. The molecule has 0 aliphatic heterocycles. The van der Waals surface area contributed by atoms with Gasteiger partial charge in [-0.3, -0.25) is 14.9 Å². The molecule has 0 aromatic heterocycles. The first kappa shape index (κ1) is 17.7. The summed E-state index contributed by atoms with van der Waals surface area (Å²) >= 11 is 0. The first-order valence-electron chi connectivity index (χ1n) is 9.30. The molecule has 2 aliphatic rings. The maximum absolute atomic E-state index is 12.1. The first-order chi connectivity index (χ1) is 12.0. The Morgan fingerprint density at radius 1 is 1.28 bits per heavy atom. The molecular weight excluding hydrogens is 318 g/mol. The molecular formula is C19H27N3O3. The number of nitrogens with zero attached hydrogens (tertiary/aromatic N) is 1. The Balaban J connectivity index is 1.33. The molecule has 6 nitrogen and oxygen atoms in total. The smallest absolute Gasteiger partial charge is 0.269 e. The summed E-state index contributed by atoms with van der Waals surface area (Å²) < 4.78 is 0. The molecule has 0 radical (unpaired) electrons. The highest BCUT2D eigenvalue weighted by Gasteiger charge is 2.41. The van der Waals surface area contributed by atoms with Gasteiger partial charge in [-0.15, -0.1) is 0 Å². The van der Waals surface area contributed by atoms with Crippen LogP contribution in [0.15, 0.2) is 24.3 Å². The van der Waals surface area contributed by atoms with Crippen molar-refractivity contribution in [1.29, 1.82) is 0 Å². The minimum Gasteiger partial charge on any atom is -0.385 e. The van der Waals surface area contributed by atoms with E-state index in [0.29, 0.717) is 18.9 Å². The van der Waals surface area contributed by atoms with Crippen LogP contribution in [-0.4, -0.2) is 23.4 Å². The summed E-state index contributed by atoms with van der Waals surface area (Å²) in [5, 5.41) is 17.0. The van der Waals surface area contributed by atoms with Gasteiger partial charge in [0.05, 0.1) is 4.92 Å². The van der Waals surface area contributed by atoms with E-state index < -0.39 is 4.92 Å². The van der Waals surface area contributed by atoms with Gasteiger partial charge in [-0.2, -0.15) is 0 Å². The molecule has 0 spiro atoms. The molecule has 2 fully saturated rings. The van der Waals surface area contributed by atoms with Gasteiger partial charge in [0.1, 0.15) is 0 Å². The highest BCUT2D eigenvalue weighted by molar-refractivity contribution is 5.76. The number of non-ortho nitro benzene ring substituents is 1. The predicted molar refractivity (Wildman–Crippen MR) is 97.4 cm³/mol. The highest BCUT2D eigenvalue weighted by atomic mass is 16.6. The number of nitrogens with one attached hydrogen (secondary N) is 2. The van der Waals surface area contributed by atoms with Crippen LogP contribution >= 0.6 is 0 Å².